The molecule has 2 aliphatic rings. The standard InChI is InChI=1S/C10H18N2OS/c1-7-5-11-10(12-7)14-6-9-4-3-8(2)13-9/h7-9H,3-6H2,1-2H3,(H,11,12). The molecule has 0 aromatic rings. The molecule has 3 nitrogen and oxygen atoms in total. The summed E-state index contributed by atoms with van der Waals surface area (Å²) in [5.74, 6) is 1.04. The molecule has 80 valence electrons. The molecule has 14 heavy (non-hydrogen) atoms. The van der Waals surface area contributed by atoms with E-state index < -0.39 is 0 Å². The van der Waals surface area contributed by atoms with Crippen molar-refractivity contribution < 1.29 is 4.74 Å². The minimum atomic E-state index is 0.440. The molecule has 4 heteroatoms. The third-order valence-corrected chi connectivity index (χ3v) is 3.66. The summed E-state index contributed by atoms with van der Waals surface area (Å²) in [6.45, 7) is 5.23. The van der Waals surface area contributed by atoms with Crippen molar-refractivity contribution in [3.05, 3.63) is 0 Å². The number of hydrogen-bond donors (Lipinski definition) is 1. The van der Waals surface area contributed by atoms with Crippen LogP contribution in [0.25, 0.3) is 0 Å². The minimum absolute atomic E-state index is 0.440. The van der Waals surface area contributed by atoms with E-state index in [0.717, 1.165) is 17.5 Å². The van der Waals surface area contributed by atoms with E-state index in [1.807, 2.05) is 0 Å². The largest absolute Gasteiger partial charge is 0.374 e. The monoisotopic (exact) mass is 214 g/mol. The summed E-state index contributed by atoms with van der Waals surface area (Å²) in [6, 6.07) is 0.515. The van der Waals surface area contributed by atoms with E-state index in [-0.39, 0.29) is 0 Å². The minimum Gasteiger partial charge on any atom is -0.374 e. The first-order chi connectivity index (χ1) is 6.74. The van der Waals surface area contributed by atoms with Crippen LogP contribution in [0, 0.1) is 0 Å². The quantitative estimate of drug-likeness (QED) is 0.758. The average molecular weight is 214 g/mol. The van der Waals surface area contributed by atoms with Crippen LogP contribution in [0.3, 0.4) is 0 Å². The fourth-order valence-electron chi connectivity index (χ4n) is 1.79. The third-order valence-electron chi connectivity index (χ3n) is 2.60. The second-order valence-corrected chi connectivity index (χ2v) is 5.16. The molecule has 0 aromatic heterocycles. The fourth-order valence-corrected chi connectivity index (χ4v) is 2.83. The lowest BCUT2D eigenvalue weighted by atomic mass is 10.2. The van der Waals surface area contributed by atoms with Crippen molar-refractivity contribution >= 4 is 16.9 Å². The average Bonchev–Trinajstić information content (AvgIpc) is 2.72. The molecule has 0 spiro atoms. The van der Waals surface area contributed by atoms with Gasteiger partial charge in [0, 0.05) is 11.8 Å². The molecule has 2 aliphatic heterocycles. The number of nitrogens with one attached hydrogen (secondary N) is 1. The summed E-state index contributed by atoms with van der Waals surface area (Å²) in [5, 5.41) is 4.44. The highest BCUT2D eigenvalue weighted by atomic mass is 32.2. The second-order valence-electron chi connectivity index (χ2n) is 4.15. The van der Waals surface area contributed by atoms with Gasteiger partial charge < -0.3 is 10.1 Å². The zero-order valence-electron chi connectivity index (χ0n) is 8.82. The Morgan fingerprint density at radius 1 is 1.50 bits per heavy atom. The van der Waals surface area contributed by atoms with Gasteiger partial charge >= 0.3 is 0 Å². The third kappa shape index (κ3) is 2.64. The molecular weight excluding hydrogens is 196 g/mol. The first kappa shape index (κ1) is 10.3. The summed E-state index contributed by atoms with van der Waals surface area (Å²) in [7, 11) is 0. The highest BCUT2D eigenvalue weighted by Gasteiger charge is 2.23. The molecule has 1 fully saturated rings. The van der Waals surface area contributed by atoms with Crippen molar-refractivity contribution in [3.63, 3.8) is 0 Å². The lowest BCUT2D eigenvalue weighted by Crippen LogP contribution is -2.26. The van der Waals surface area contributed by atoms with Crippen LogP contribution >= 0.6 is 11.8 Å². The lowest BCUT2D eigenvalue weighted by Gasteiger charge is -2.11. The molecule has 0 bridgehead atoms. The SMILES string of the molecule is CC1CN=C(SCC2CCC(C)O2)N1. The van der Waals surface area contributed by atoms with Gasteiger partial charge in [-0.15, -0.1) is 0 Å². The van der Waals surface area contributed by atoms with Gasteiger partial charge in [-0.2, -0.15) is 0 Å². The van der Waals surface area contributed by atoms with E-state index in [4.69, 9.17) is 4.74 Å². The lowest BCUT2D eigenvalue weighted by molar-refractivity contribution is 0.0701. The Labute approximate surface area is 89.7 Å². The van der Waals surface area contributed by atoms with E-state index >= 15 is 0 Å². The molecular formula is C10H18N2OS. The fraction of sp³-hybridized carbons (Fsp3) is 0.900. The summed E-state index contributed by atoms with van der Waals surface area (Å²) in [5.41, 5.74) is 0. The number of amidine groups is 1. The molecule has 0 aliphatic carbocycles. The van der Waals surface area contributed by atoms with Gasteiger partial charge in [0.2, 0.25) is 0 Å². The maximum Gasteiger partial charge on any atom is 0.156 e. The smallest absolute Gasteiger partial charge is 0.156 e. The van der Waals surface area contributed by atoms with Gasteiger partial charge in [-0.3, -0.25) is 4.99 Å². The van der Waals surface area contributed by atoms with E-state index in [1.54, 1.807) is 11.8 Å². The van der Waals surface area contributed by atoms with Crippen LogP contribution in [0.2, 0.25) is 0 Å². The summed E-state index contributed by atoms with van der Waals surface area (Å²) >= 11 is 1.80. The molecule has 0 amide bonds. The van der Waals surface area contributed by atoms with Crippen molar-refractivity contribution in [3.8, 4) is 0 Å². The Morgan fingerprint density at radius 3 is 2.93 bits per heavy atom. The van der Waals surface area contributed by atoms with Gasteiger partial charge in [-0.05, 0) is 26.7 Å². The van der Waals surface area contributed by atoms with Crippen molar-refractivity contribution in [2.75, 3.05) is 12.3 Å². The normalized spacial score (nSPS) is 37.0. The Bertz CT molecular complexity index is 232. The molecule has 1 saturated heterocycles. The molecule has 2 heterocycles. The molecule has 0 saturated carbocycles. The highest BCUT2D eigenvalue weighted by Crippen LogP contribution is 2.23. The number of thioether (sulfide) groups is 1. The van der Waals surface area contributed by atoms with Crippen LogP contribution in [0.4, 0.5) is 0 Å². The van der Waals surface area contributed by atoms with Crippen LogP contribution in [0.5, 0.6) is 0 Å². The van der Waals surface area contributed by atoms with Crippen molar-refractivity contribution in [2.24, 2.45) is 4.99 Å². The van der Waals surface area contributed by atoms with E-state index in [0.29, 0.717) is 18.2 Å². The van der Waals surface area contributed by atoms with Crippen molar-refractivity contribution in [2.45, 2.75) is 44.9 Å². The Morgan fingerprint density at radius 2 is 2.36 bits per heavy atom. The van der Waals surface area contributed by atoms with E-state index in [9.17, 15) is 0 Å². The maximum absolute atomic E-state index is 5.74. The van der Waals surface area contributed by atoms with Gasteiger partial charge in [0.25, 0.3) is 0 Å². The zero-order chi connectivity index (χ0) is 9.97. The summed E-state index contributed by atoms with van der Waals surface area (Å²) in [4.78, 5) is 4.41. The summed E-state index contributed by atoms with van der Waals surface area (Å²) in [6.07, 6.45) is 3.31. The zero-order valence-corrected chi connectivity index (χ0v) is 9.64. The van der Waals surface area contributed by atoms with Gasteiger partial charge in [-0.1, -0.05) is 11.8 Å². The predicted molar refractivity (Wildman–Crippen MR) is 60.9 cm³/mol. The van der Waals surface area contributed by atoms with Gasteiger partial charge in [-0.25, -0.2) is 0 Å². The number of rotatable bonds is 2. The van der Waals surface area contributed by atoms with Crippen LogP contribution in [-0.2, 0) is 4.74 Å². The Balaban J connectivity index is 1.68. The number of hydrogen-bond acceptors (Lipinski definition) is 4. The predicted octanol–water partition coefficient (Wildman–Crippen LogP) is 1.63. The second kappa shape index (κ2) is 4.53. The van der Waals surface area contributed by atoms with Crippen molar-refractivity contribution in [1.29, 1.82) is 0 Å². The summed E-state index contributed by atoms with van der Waals surface area (Å²) < 4.78 is 5.74. The van der Waals surface area contributed by atoms with Crippen molar-refractivity contribution in [1.82, 2.24) is 5.32 Å². The Kier molecular flexibility index (Phi) is 3.34. The first-order valence-electron chi connectivity index (χ1n) is 5.33. The number of ether oxygens (including phenoxy) is 1. The van der Waals surface area contributed by atoms with Crippen LogP contribution < -0.4 is 5.32 Å². The topological polar surface area (TPSA) is 33.6 Å². The molecule has 0 aromatic carbocycles. The molecule has 1 N–H and O–H groups in total. The molecule has 0 radical (unpaired) electrons. The van der Waals surface area contributed by atoms with Gasteiger partial charge in [0.1, 0.15) is 0 Å². The van der Waals surface area contributed by atoms with Gasteiger partial charge in [0.05, 0.1) is 18.8 Å². The molecule has 3 unspecified atom stereocenters. The number of aliphatic imine (C=N–C) groups is 1. The first-order valence-corrected chi connectivity index (χ1v) is 6.32. The molecule has 2 rings (SSSR count). The van der Waals surface area contributed by atoms with Gasteiger partial charge in [0.15, 0.2) is 5.17 Å². The van der Waals surface area contributed by atoms with E-state index in [1.165, 1.54) is 12.8 Å². The van der Waals surface area contributed by atoms with E-state index in [2.05, 4.69) is 24.2 Å². The maximum atomic E-state index is 5.74. The van der Waals surface area contributed by atoms with Crippen LogP contribution in [0.15, 0.2) is 4.99 Å². The Hall–Kier alpha value is -0.220. The van der Waals surface area contributed by atoms with Crippen LogP contribution in [-0.4, -0.2) is 35.7 Å². The highest BCUT2D eigenvalue weighted by molar-refractivity contribution is 8.13. The number of nitrogens with zero attached hydrogens (tertiary/aromatic N) is 1. The van der Waals surface area contributed by atoms with Crippen LogP contribution in [0.1, 0.15) is 26.7 Å². The molecule has 3 atom stereocenters.